The van der Waals surface area contributed by atoms with Crippen molar-refractivity contribution in [2.45, 2.75) is 69.8 Å². The summed E-state index contributed by atoms with van der Waals surface area (Å²) in [5.41, 5.74) is 0. The van der Waals surface area contributed by atoms with E-state index in [9.17, 15) is 9.59 Å². The van der Waals surface area contributed by atoms with Crippen LogP contribution < -0.4 is 0 Å². The average Bonchev–Trinajstić information content (AvgIpc) is 2.40. The van der Waals surface area contributed by atoms with Crippen molar-refractivity contribution in [3.8, 4) is 0 Å². The molecule has 0 spiro atoms. The summed E-state index contributed by atoms with van der Waals surface area (Å²) in [6.07, 6.45) is 7.56. The van der Waals surface area contributed by atoms with E-state index in [-0.39, 0.29) is 12.8 Å². The number of rotatable bonds is 15. The zero-order chi connectivity index (χ0) is 16.8. The Morgan fingerprint density at radius 2 is 1.27 bits per heavy atom. The Bertz CT molecular complexity index is 289. The van der Waals surface area contributed by atoms with Gasteiger partial charge < -0.3 is 10.2 Å². The Kier molecular flexibility index (Phi) is 14.0. The number of carbonyl (C=O) groups is 2. The van der Waals surface area contributed by atoms with Gasteiger partial charge in [-0.2, -0.15) is 0 Å². The molecule has 4 nitrogen and oxygen atoms in total. The molecule has 0 aliphatic carbocycles. The lowest BCUT2D eigenvalue weighted by molar-refractivity contribution is -0.137. The van der Waals surface area contributed by atoms with Gasteiger partial charge in [-0.05, 0) is 12.3 Å². The minimum Gasteiger partial charge on any atom is -0.481 e. The summed E-state index contributed by atoms with van der Waals surface area (Å²) >= 11 is 3.32. The van der Waals surface area contributed by atoms with Gasteiger partial charge in [0.25, 0.3) is 0 Å². The van der Waals surface area contributed by atoms with Gasteiger partial charge in [0.15, 0.2) is 0 Å². The van der Waals surface area contributed by atoms with Crippen LogP contribution in [0.5, 0.6) is 0 Å². The Labute approximate surface area is 142 Å². The standard InChI is InChI=1S/C16H30O4S2/c1-13(2)7-5-3-4-6-8-16(21-11-9-14(17)18)22-12-10-15(19)20/h13,16H,3-12H2,1-2H3,(H,17,18)(H,19,20). The van der Waals surface area contributed by atoms with Crippen LogP contribution >= 0.6 is 23.5 Å². The molecule has 0 heterocycles. The van der Waals surface area contributed by atoms with Crippen molar-refractivity contribution in [3.63, 3.8) is 0 Å². The third kappa shape index (κ3) is 16.0. The maximum atomic E-state index is 10.6. The van der Waals surface area contributed by atoms with Gasteiger partial charge in [0.1, 0.15) is 0 Å². The molecule has 0 aliphatic rings. The van der Waals surface area contributed by atoms with Crippen LogP contribution in [0.25, 0.3) is 0 Å². The molecule has 22 heavy (non-hydrogen) atoms. The molecule has 6 heteroatoms. The fraction of sp³-hybridized carbons (Fsp3) is 0.875. The molecule has 2 N–H and O–H groups in total. The molecule has 0 fully saturated rings. The summed E-state index contributed by atoms with van der Waals surface area (Å²) in [4.78, 5) is 21.1. The van der Waals surface area contributed by atoms with Crippen LogP contribution in [0.4, 0.5) is 0 Å². The second kappa shape index (κ2) is 14.2. The Balaban J connectivity index is 3.84. The van der Waals surface area contributed by atoms with Crippen molar-refractivity contribution in [2.24, 2.45) is 5.92 Å². The molecule has 0 aromatic rings. The number of carboxylic acids is 2. The zero-order valence-electron chi connectivity index (χ0n) is 13.8. The molecule has 0 saturated heterocycles. The molecule has 130 valence electrons. The van der Waals surface area contributed by atoms with Crippen molar-refractivity contribution in [2.75, 3.05) is 11.5 Å². The van der Waals surface area contributed by atoms with Gasteiger partial charge in [-0.15, -0.1) is 23.5 Å². The summed E-state index contributed by atoms with van der Waals surface area (Å²) in [6.45, 7) is 4.49. The quantitative estimate of drug-likeness (QED) is 0.329. The normalized spacial score (nSPS) is 11.3. The van der Waals surface area contributed by atoms with E-state index >= 15 is 0 Å². The molecule has 0 aliphatic heterocycles. The first kappa shape index (κ1) is 21.6. The van der Waals surface area contributed by atoms with Crippen LogP contribution in [0.15, 0.2) is 0 Å². The molecular weight excluding hydrogens is 320 g/mol. The number of aliphatic carboxylic acids is 2. The lowest BCUT2D eigenvalue weighted by Crippen LogP contribution is -2.05. The van der Waals surface area contributed by atoms with Crippen LogP contribution in [0.2, 0.25) is 0 Å². The van der Waals surface area contributed by atoms with Gasteiger partial charge in [-0.25, -0.2) is 0 Å². The molecule has 0 aromatic heterocycles. The molecule has 0 unspecified atom stereocenters. The summed E-state index contributed by atoms with van der Waals surface area (Å²) < 4.78 is 0.323. The van der Waals surface area contributed by atoms with Crippen LogP contribution in [-0.4, -0.2) is 38.2 Å². The summed E-state index contributed by atoms with van der Waals surface area (Å²) in [7, 11) is 0. The molecule has 0 amide bonds. The third-order valence-electron chi connectivity index (χ3n) is 3.21. The number of carboxylic acid groups (broad SMARTS) is 2. The fourth-order valence-corrected chi connectivity index (χ4v) is 4.73. The van der Waals surface area contributed by atoms with E-state index in [0.717, 1.165) is 18.8 Å². The van der Waals surface area contributed by atoms with E-state index in [0.29, 0.717) is 16.1 Å². The van der Waals surface area contributed by atoms with E-state index in [4.69, 9.17) is 10.2 Å². The van der Waals surface area contributed by atoms with Crippen LogP contribution in [0.1, 0.15) is 65.2 Å². The van der Waals surface area contributed by atoms with E-state index in [1.807, 2.05) is 0 Å². The van der Waals surface area contributed by atoms with Gasteiger partial charge >= 0.3 is 11.9 Å². The Hall–Kier alpha value is -0.360. The van der Waals surface area contributed by atoms with E-state index in [1.54, 1.807) is 23.5 Å². The maximum Gasteiger partial charge on any atom is 0.304 e. The number of hydrogen-bond acceptors (Lipinski definition) is 4. The number of hydrogen-bond donors (Lipinski definition) is 2. The predicted molar refractivity (Wildman–Crippen MR) is 95.7 cm³/mol. The first-order valence-electron chi connectivity index (χ1n) is 8.08. The second-order valence-electron chi connectivity index (χ2n) is 5.84. The minimum absolute atomic E-state index is 0.176. The topological polar surface area (TPSA) is 74.6 Å². The molecule has 0 atom stereocenters. The molecule has 0 saturated carbocycles. The maximum absolute atomic E-state index is 10.6. The highest BCUT2D eigenvalue weighted by atomic mass is 32.2. The summed E-state index contributed by atoms with van der Waals surface area (Å²) in [5.74, 6) is 0.442. The average molecular weight is 351 g/mol. The summed E-state index contributed by atoms with van der Waals surface area (Å²) in [6, 6.07) is 0. The molecular formula is C16H30O4S2. The number of unbranched alkanes of at least 4 members (excludes halogenated alkanes) is 3. The SMILES string of the molecule is CC(C)CCCCCCC(SCCC(=O)O)SCCC(=O)O. The van der Waals surface area contributed by atoms with Gasteiger partial charge in [-0.1, -0.05) is 46.0 Å². The molecule has 0 aromatic carbocycles. The van der Waals surface area contributed by atoms with Crippen LogP contribution in [-0.2, 0) is 9.59 Å². The Morgan fingerprint density at radius 1 is 0.818 bits per heavy atom. The molecule has 0 radical (unpaired) electrons. The largest absolute Gasteiger partial charge is 0.481 e. The predicted octanol–water partition coefficient (Wildman–Crippen LogP) is 4.72. The van der Waals surface area contributed by atoms with Gasteiger partial charge in [0.2, 0.25) is 0 Å². The van der Waals surface area contributed by atoms with Gasteiger partial charge in [0.05, 0.1) is 17.4 Å². The van der Waals surface area contributed by atoms with Crippen molar-refractivity contribution in [1.82, 2.24) is 0 Å². The first-order valence-corrected chi connectivity index (χ1v) is 10.2. The summed E-state index contributed by atoms with van der Waals surface area (Å²) in [5, 5.41) is 17.4. The first-order chi connectivity index (χ1) is 10.4. The number of thioether (sulfide) groups is 2. The van der Waals surface area contributed by atoms with Gasteiger partial charge in [-0.3, -0.25) is 9.59 Å². The third-order valence-corrected chi connectivity index (χ3v) is 6.12. The lowest BCUT2D eigenvalue weighted by atomic mass is 10.0. The van der Waals surface area contributed by atoms with Crippen LogP contribution in [0.3, 0.4) is 0 Å². The molecule has 0 rings (SSSR count). The van der Waals surface area contributed by atoms with Crippen molar-refractivity contribution < 1.29 is 19.8 Å². The molecule has 0 bridgehead atoms. The van der Waals surface area contributed by atoms with E-state index in [1.165, 1.54) is 25.7 Å². The van der Waals surface area contributed by atoms with E-state index in [2.05, 4.69) is 13.8 Å². The van der Waals surface area contributed by atoms with Crippen molar-refractivity contribution in [3.05, 3.63) is 0 Å². The monoisotopic (exact) mass is 350 g/mol. The van der Waals surface area contributed by atoms with Crippen molar-refractivity contribution >= 4 is 35.5 Å². The van der Waals surface area contributed by atoms with Crippen LogP contribution in [0, 0.1) is 5.92 Å². The smallest absolute Gasteiger partial charge is 0.304 e. The Morgan fingerprint density at radius 3 is 1.68 bits per heavy atom. The second-order valence-corrected chi connectivity index (χ2v) is 8.76. The van der Waals surface area contributed by atoms with E-state index < -0.39 is 11.9 Å². The zero-order valence-corrected chi connectivity index (χ0v) is 15.4. The minimum atomic E-state index is -0.768. The van der Waals surface area contributed by atoms with Gasteiger partial charge in [0, 0.05) is 11.5 Å². The lowest BCUT2D eigenvalue weighted by Gasteiger charge is -2.15. The highest BCUT2D eigenvalue weighted by Gasteiger charge is 2.11. The highest BCUT2D eigenvalue weighted by molar-refractivity contribution is 8.17. The fourth-order valence-electron chi connectivity index (χ4n) is 1.99. The highest BCUT2D eigenvalue weighted by Crippen LogP contribution is 2.30. The van der Waals surface area contributed by atoms with Crippen molar-refractivity contribution in [1.29, 1.82) is 0 Å².